The van der Waals surface area contributed by atoms with E-state index in [0.29, 0.717) is 43.3 Å². The Kier molecular flexibility index (Phi) is 4.69. The molecule has 1 aliphatic rings. The molecule has 0 bridgehead atoms. The lowest BCUT2D eigenvalue weighted by Crippen LogP contribution is -2.47. The third kappa shape index (κ3) is 3.33. The van der Waals surface area contributed by atoms with Gasteiger partial charge in [-0.25, -0.2) is 9.37 Å². The van der Waals surface area contributed by atoms with E-state index in [0.717, 1.165) is 5.69 Å². The van der Waals surface area contributed by atoms with E-state index in [1.165, 1.54) is 19.2 Å². The van der Waals surface area contributed by atoms with Crippen molar-refractivity contribution in [2.24, 2.45) is 0 Å². The fourth-order valence-corrected chi connectivity index (χ4v) is 3.07. The predicted octanol–water partition coefficient (Wildman–Crippen LogP) is 2.77. The molecular formula is C17H19FN4O3. The van der Waals surface area contributed by atoms with E-state index in [2.05, 4.69) is 9.88 Å². The van der Waals surface area contributed by atoms with Crippen molar-refractivity contribution in [2.45, 2.75) is 6.92 Å². The molecule has 1 fully saturated rings. The van der Waals surface area contributed by atoms with Crippen molar-refractivity contribution in [3.8, 4) is 5.75 Å². The van der Waals surface area contributed by atoms with Gasteiger partial charge in [-0.1, -0.05) is 0 Å². The van der Waals surface area contributed by atoms with Gasteiger partial charge in [0.05, 0.1) is 17.7 Å². The SMILES string of the molecule is COc1cc(F)ccc1N1CCN(c2nccc(C)c2[N+](=O)[O-])CC1. The van der Waals surface area contributed by atoms with Crippen LogP contribution in [0.25, 0.3) is 0 Å². The molecule has 0 saturated carbocycles. The van der Waals surface area contributed by atoms with Crippen LogP contribution in [0.3, 0.4) is 0 Å². The highest BCUT2D eigenvalue weighted by Gasteiger charge is 2.27. The molecule has 0 amide bonds. The van der Waals surface area contributed by atoms with E-state index in [9.17, 15) is 14.5 Å². The molecule has 0 spiro atoms. The summed E-state index contributed by atoms with van der Waals surface area (Å²) >= 11 is 0. The van der Waals surface area contributed by atoms with Crippen molar-refractivity contribution >= 4 is 17.2 Å². The molecular weight excluding hydrogens is 327 g/mol. The Morgan fingerprint density at radius 3 is 2.52 bits per heavy atom. The second-order valence-electron chi connectivity index (χ2n) is 5.85. The topological polar surface area (TPSA) is 71.7 Å². The van der Waals surface area contributed by atoms with E-state index >= 15 is 0 Å². The van der Waals surface area contributed by atoms with Gasteiger partial charge in [-0.15, -0.1) is 0 Å². The number of methoxy groups -OCH3 is 1. The van der Waals surface area contributed by atoms with Gasteiger partial charge < -0.3 is 14.5 Å². The molecule has 0 N–H and O–H groups in total. The molecule has 0 unspecified atom stereocenters. The number of benzene rings is 1. The van der Waals surface area contributed by atoms with Gasteiger partial charge in [-0.3, -0.25) is 10.1 Å². The number of hydrogen-bond donors (Lipinski definition) is 0. The second kappa shape index (κ2) is 6.92. The Bertz CT molecular complexity index is 791. The number of nitrogens with zero attached hydrogens (tertiary/aromatic N) is 4. The van der Waals surface area contributed by atoms with Gasteiger partial charge in [0.15, 0.2) is 0 Å². The number of aromatic nitrogens is 1. The quantitative estimate of drug-likeness (QED) is 0.626. The van der Waals surface area contributed by atoms with Crippen LogP contribution in [0, 0.1) is 22.9 Å². The molecule has 0 aliphatic carbocycles. The van der Waals surface area contributed by atoms with Crippen molar-refractivity contribution in [3.05, 3.63) is 52.0 Å². The summed E-state index contributed by atoms with van der Waals surface area (Å²) in [6.07, 6.45) is 1.59. The van der Waals surface area contributed by atoms with Gasteiger partial charge in [0, 0.05) is 44.0 Å². The molecule has 3 rings (SSSR count). The van der Waals surface area contributed by atoms with E-state index < -0.39 is 0 Å². The van der Waals surface area contributed by atoms with Crippen molar-refractivity contribution in [1.82, 2.24) is 4.98 Å². The molecule has 1 aromatic carbocycles. The smallest absolute Gasteiger partial charge is 0.314 e. The Morgan fingerprint density at radius 1 is 1.20 bits per heavy atom. The molecule has 0 atom stereocenters. The minimum absolute atomic E-state index is 0.0512. The number of aryl methyl sites for hydroxylation is 1. The van der Waals surface area contributed by atoms with Crippen molar-refractivity contribution in [1.29, 1.82) is 0 Å². The average Bonchev–Trinajstić information content (AvgIpc) is 2.61. The number of piperazine rings is 1. The second-order valence-corrected chi connectivity index (χ2v) is 5.85. The number of hydrogen-bond acceptors (Lipinski definition) is 6. The van der Waals surface area contributed by atoms with E-state index in [1.54, 1.807) is 25.3 Å². The highest BCUT2D eigenvalue weighted by molar-refractivity contribution is 5.64. The van der Waals surface area contributed by atoms with Crippen LogP contribution in [0.1, 0.15) is 5.56 Å². The van der Waals surface area contributed by atoms with E-state index in [-0.39, 0.29) is 16.4 Å². The van der Waals surface area contributed by atoms with Gasteiger partial charge in [0.25, 0.3) is 0 Å². The molecule has 1 aromatic heterocycles. The summed E-state index contributed by atoms with van der Waals surface area (Å²) in [5.74, 6) is 0.530. The largest absolute Gasteiger partial charge is 0.494 e. The van der Waals surface area contributed by atoms with Crippen LogP contribution in [-0.4, -0.2) is 43.2 Å². The maximum Gasteiger partial charge on any atom is 0.314 e. The summed E-state index contributed by atoms with van der Waals surface area (Å²) in [5.41, 5.74) is 1.46. The monoisotopic (exact) mass is 346 g/mol. The van der Waals surface area contributed by atoms with Gasteiger partial charge in [-0.2, -0.15) is 0 Å². The number of halogens is 1. The van der Waals surface area contributed by atoms with Gasteiger partial charge >= 0.3 is 5.69 Å². The lowest BCUT2D eigenvalue weighted by molar-refractivity contribution is -0.384. The third-order valence-corrected chi connectivity index (χ3v) is 4.35. The molecule has 8 heteroatoms. The number of anilines is 2. The van der Waals surface area contributed by atoms with Crippen LogP contribution >= 0.6 is 0 Å². The first kappa shape index (κ1) is 16.9. The standard InChI is InChI=1S/C17H19FN4O3/c1-12-5-6-19-17(16(12)22(23)24)21-9-7-20(8-10-21)14-4-3-13(18)11-15(14)25-2/h3-6,11H,7-10H2,1-2H3. The molecule has 1 aliphatic heterocycles. The maximum absolute atomic E-state index is 13.4. The van der Waals surface area contributed by atoms with Crippen LogP contribution in [0.15, 0.2) is 30.5 Å². The van der Waals surface area contributed by atoms with Gasteiger partial charge in [0.2, 0.25) is 5.82 Å². The minimum Gasteiger partial charge on any atom is -0.494 e. The molecule has 7 nitrogen and oxygen atoms in total. The summed E-state index contributed by atoms with van der Waals surface area (Å²) in [5, 5.41) is 11.4. The first-order chi connectivity index (χ1) is 12.0. The Labute approximate surface area is 144 Å². The molecule has 2 aromatic rings. The predicted molar refractivity (Wildman–Crippen MR) is 93.0 cm³/mol. The Balaban J connectivity index is 1.79. The third-order valence-electron chi connectivity index (χ3n) is 4.35. The highest BCUT2D eigenvalue weighted by Crippen LogP contribution is 2.33. The van der Waals surface area contributed by atoms with Crippen LogP contribution < -0.4 is 14.5 Å². The number of nitro groups is 1. The minimum atomic E-state index is -0.382. The summed E-state index contributed by atoms with van der Waals surface area (Å²) in [6, 6.07) is 6.09. The van der Waals surface area contributed by atoms with Crippen LogP contribution in [-0.2, 0) is 0 Å². The van der Waals surface area contributed by atoms with E-state index in [1.807, 2.05) is 4.90 Å². The average molecular weight is 346 g/mol. The summed E-state index contributed by atoms with van der Waals surface area (Å²) < 4.78 is 18.6. The number of rotatable bonds is 4. The lowest BCUT2D eigenvalue weighted by Gasteiger charge is -2.37. The van der Waals surface area contributed by atoms with Crippen LogP contribution in [0.4, 0.5) is 21.6 Å². The zero-order chi connectivity index (χ0) is 18.0. The molecule has 25 heavy (non-hydrogen) atoms. The summed E-state index contributed by atoms with van der Waals surface area (Å²) in [4.78, 5) is 19.2. The zero-order valence-corrected chi connectivity index (χ0v) is 14.1. The summed E-state index contributed by atoms with van der Waals surface area (Å²) in [6.45, 7) is 4.14. The molecule has 132 valence electrons. The fourth-order valence-electron chi connectivity index (χ4n) is 3.07. The van der Waals surface area contributed by atoms with Gasteiger partial charge in [0.1, 0.15) is 11.6 Å². The maximum atomic E-state index is 13.4. The molecule has 0 radical (unpaired) electrons. The zero-order valence-electron chi connectivity index (χ0n) is 14.1. The lowest BCUT2D eigenvalue weighted by atomic mass is 10.2. The first-order valence-electron chi connectivity index (χ1n) is 7.94. The Hall–Kier alpha value is -2.90. The number of ether oxygens (including phenoxy) is 1. The van der Waals surface area contributed by atoms with Crippen molar-refractivity contribution < 1.29 is 14.1 Å². The van der Waals surface area contributed by atoms with E-state index in [4.69, 9.17) is 4.74 Å². The fraction of sp³-hybridized carbons (Fsp3) is 0.353. The van der Waals surface area contributed by atoms with Gasteiger partial charge in [-0.05, 0) is 25.1 Å². The normalized spacial score (nSPS) is 14.5. The summed E-state index contributed by atoms with van der Waals surface area (Å²) in [7, 11) is 1.51. The number of pyridine rings is 1. The molecule has 2 heterocycles. The van der Waals surface area contributed by atoms with Crippen LogP contribution in [0.5, 0.6) is 5.75 Å². The van der Waals surface area contributed by atoms with Crippen molar-refractivity contribution in [3.63, 3.8) is 0 Å². The van der Waals surface area contributed by atoms with Crippen molar-refractivity contribution in [2.75, 3.05) is 43.1 Å². The first-order valence-corrected chi connectivity index (χ1v) is 7.94. The molecule has 1 saturated heterocycles. The highest BCUT2D eigenvalue weighted by atomic mass is 19.1. The van der Waals surface area contributed by atoms with Crippen LogP contribution in [0.2, 0.25) is 0 Å². The Morgan fingerprint density at radius 2 is 1.88 bits per heavy atom.